The van der Waals surface area contributed by atoms with Gasteiger partial charge < -0.3 is 4.90 Å². The fourth-order valence-electron chi connectivity index (χ4n) is 2.89. The number of nitriles is 1. The van der Waals surface area contributed by atoms with Crippen molar-refractivity contribution < 1.29 is 0 Å². The van der Waals surface area contributed by atoms with Crippen LogP contribution < -0.4 is 4.90 Å². The number of aromatic nitrogens is 1. The maximum absolute atomic E-state index is 8.88. The first kappa shape index (κ1) is 12.4. The first-order valence-corrected chi connectivity index (χ1v) is 7.07. The van der Waals surface area contributed by atoms with Crippen molar-refractivity contribution in [3.63, 3.8) is 0 Å². The van der Waals surface area contributed by atoms with Crippen molar-refractivity contribution in [1.29, 1.82) is 5.26 Å². The summed E-state index contributed by atoms with van der Waals surface area (Å²) >= 11 is 0. The van der Waals surface area contributed by atoms with Crippen molar-refractivity contribution in [2.75, 3.05) is 37.6 Å². The Balaban J connectivity index is 1.52. The smallest absolute Gasteiger partial charge is 0.128 e. The molecule has 4 heteroatoms. The number of anilines is 1. The summed E-state index contributed by atoms with van der Waals surface area (Å²) in [5.41, 5.74) is 0.335. The van der Waals surface area contributed by atoms with Crippen LogP contribution in [0.5, 0.6) is 0 Å². The molecule has 0 radical (unpaired) electrons. The molecular weight excluding hydrogens is 236 g/mol. The third kappa shape index (κ3) is 2.87. The predicted molar refractivity (Wildman–Crippen MR) is 74.8 cm³/mol. The Labute approximate surface area is 114 Å². The largest absolute Gasteiger partial charge is 0.354 e. The molecule has 0 atom stereocenters. The van der Waals surface area contributed by atoms with Gasteiger partial charge in [-0.15, -0.1) is 0 Å². The van der Waals surface area contributed by atoms with E-state index in [9.17, 15) is 0 Å². The average Bonchev–Trinajstić information content (AvgIpc) is 3.20. The highest BCUT2D eigenvalue weighted by molar-refractivity contribution is 5.38. The number of hydrogen-bond donors (Lipinski definition) is 0. The summed E-state index contributed by atoms with van der Waals surface area (Å²) in [6, 6.07) is 8.42. The van der Waals surface area contributed by atoms with Crippen LogP contribution in [0.25, 0.3) is 0 Å². The summed E-state index contributed by atoms with van der Waals surface area (Å²) in [5.74, 6) is 1.08. The number of rotatable bonds is 4. The number of nitrogens with zero attached hydrogens (tertiary/aromatic N) is 4. The zero-order chi connectivity index (χ0) is 13.1. The highest BCUT2D eigenvalue weighted by Crippen LogP contribution is 2.49. The molecule has 19 heavy (non-hydrogen) atoms. The van der Waals surface area contributed by atoms with Crippen molar-refractivity contribution in [2.45, 2.75) is 19.3 Å². The van der Waals surface area contributed by atoms with Crippen LogP contribution >= 0.6 is 0 Å². The van der Waals surface area contributed by atoms with Gasteiger partial charge in [0, 0.05) is 45.3 Å². The Hall–Kier alpha value is -1.60. The Morgan fingerprint density at radius 2 is 2.00 bits per heavy atom. The normalized spacial score (nSPS) is 21.9. The van der Waals surface area contributed by atoms with E-state index in [4.69, 9.17) is 5.26 Å². The molecular formula is C15H20N4. The van der Waals surface area contributed by atoms with Gasteiger partial charge in [-0.3, -0.25) is 4.90 Å². The summed E-state index contributed by atoms with van der Waals surface area (Å²) in [7, 11) is 0. The fourth-order valence-corrected chi connectivity index (χ4v) is 2.89. The minimum absolute atomic E-state index is 0.335. The molecule has 2 fully saturated rings. The average molecular weight is 256 g/mol. The van der Waals surface area contributed by atoms with Crippen LogP contribution in [0.2, 0.25) is 0 Å². The van der Waals surface area contributed by atoms with Gasteiger partial charge in [0.25, 0.3) is 0 Å². The molecule has 2 heterocycles. The van der Waals surface area contributed by atoms with Gasteiger partial charge in [0.15, 0.2) is 0 Å². The molecule has 1 saturated heterocycles. The van der Waals surface area contributed by atoms with Crippen molar-refractivity contribution in [2.24, 2.45) is 5.41 Å². The van der Waals surface area contributed by atoms with E-state index >= 15 is 0 Å². The van der Waals surface area contributed by atoms with Gasteiger partial charge in [0.05, 0.1) is 6.07 Å². The minimum atomic E-state index is 0.335. The van der Waals surface area contributed by atoms with Crippen molar-refractivity contribution in [1.82, 2.24) is 9.88 Å². The van der Waals surface area contributed by atoms with E-state index in [2.05, 4.69) is 26.9 Å². The van der Waals surface area contributed by atoms with Crippen LogP contribution in [0.4, 0.5) is 5.82 Å². The van der Waals surface area contributed by atoms with Gasteiger partial charge in [-0.2, -0.15) is 5.26 Å². The molecule has 1 aliphatic heterocycles. The van der Waals surface area contributed by atoms with Crippen LogP contribution in [0, 0.1) is 16.7 Å². The third-order valence-corrected chi connectivity index (χ3v) is 4.32. The molecule has 0 aromatic carbocycles. The molecule has 1 aromatic rings. The summed E-state index contributed by atoms with van der Waals surface area (Å²) in [6.07, 6.45) is 5.06. The molecule has 1 saturated carbocycles. The van der Waals surface area contributed by atoms with Crippen molar-refractivity contribution >= 4 is 5.82 Å². The van der Waals surface area contributed by atoms with Crippen LogP contribution in [0.3, 0.4) is 0 Å². The summed E-state index contributed by atoms with van der Waals surface area (Å²) in [4.78, 5) is 9.27. The highest BCUT2D eigenvalue weighted by Gasteiger charge is 2.43. The van der Waals surface area contributed by atoms with E-state index in [1.54, 1.807) is 0 Å². The standard InChI is InChI=1S/C15H20N4/c16-7-6-15(4-5-15)13-18-9-11-19(12-10-18)14-3-1-2-8-17-14/h1-3,8H,4-6,9-13H2. The molecule has 0 N–H and O–H groups in total. The zero-order valence-electron chi connectivity index (χ0n) is 11.3. The monoisotopic (exact) mass is 256 g/mol. The van der Waals surface area contributed by atoms with Gasteiger partial charge in [-0.05, 0) is 30.4 Å². The molecule has 2 aliphatic rings. The second kappa shape index (κ2) is 5.18. The van der Waals surface area contributed by atoms with Crippen molar-refractivity contribution in [3.05, 3.63) is 24.4 Å². The zero-order valence-corrected chi connectivity index (χ0v) is 11.3. The molecule has 100 valence electrons. The molecule has 0 unspecified atom stereocenters. The Morgan fingerprint density at radius 3 is 2.58 bits per heavy atom. The van der Waals surface area contributed by atoms with E-state index in [1.807, 2.05) is 18.3 Å². The number of piperazine rings is 1. The van der Waals surface area contributed by atoms with Crippen LogP contribution in [-0.2, 0) is 0 Å². The Kier molecular flexibility index (Phi) is 3.39. The maximum Gasteiger partial charge on any atom is 0.128 e. The number of hydrogen-bond acceptors (Lipinski definition) is 4. The van der Waals surface area contributed by atoms with E-state index in [-0.39, 0.29) is 0 Å². The Bertz CT molecular complexity index is 453. The molecule has 0 amide bonds. The van der Waals surface area contributed by atoms with Crippen molar-refractivity contribution in [3.8, 4) is 6.07 Å². The fraction of sp³-hybridized carbons (Fsp3) is 0.600. The molecule has 1 aromatic heterocycles. The van der Waals surface area contributed by atoms with Crippen LogP contribution in [0.1, 0.15) is 19.3 Å². The van der Waals surface area contributed by atoms with Crippen LogP contribution in [-0.4, -0.2) is 42.6 Å². The van der Waals surface area contributed by atoms with E-state index in [0.29, 0.717) is 5.41 Å². The SMILES string of the molecule is N#CCC1(CN2CCN(c3ccccn3)CC2)CC1. The van der Waals surface area contributed by atoms with Gasteiger partial charge in [-0.25, -0.2) is 4.98 Å². The highest BCUT2D eigenvalue weighted by atomic mass is 15.3. The van der Waals surface area contributed by atoms with Gasteiger partial charge in [-0.1, -0.05) is 6.07 Å². The van der Waals surface area contributed by atoms with E-state index in [0.717, 1.165) is 45.0 Å². The first-order valence-electron chi connectivity index (χ1n) is 7.07. The molecule has 0 bridgehead atoms. The summed E-state index contributed by atoms with van der Waals surface area (Å²) in [5, 5.41) is 8.88. The van der Waals surface area contributed by atoms with Crippen LogP contribution in [0.15, 0.2) is 24.4 Å². The van der Waals surface area contributed by atoms with Gasteiger partial charge >= 0.3 is 0 Å². The predicted octanol–water partition coefficient (Wildman–Crippen LogP) is 1.90. The lowest BCUT2D eigenvalue weighted by atomic mass is 10.0. The molecule has 3 rings (SSSR count). The lowest BCUT2D eigenvalue weighted by molar-refractivity contribution is 0.209. The second-order valence-corrected chi connectivity index (χ2v) is 5.79. The number of pyridine rings is 1. The van der Waals surface area contributed by atoms with E-state index in [1.165, 1.54) is 12.8 Å². The van der Waals surface area contributed by atoms with E-state index < -0.39 is 0 Å². The third-order valence-electron chi connectivity index (χ3n) is 4.32. The maximum atomic E-state index is 8.88. The lowest BCUT2D eigenvalue weighted by Gasteiger charge is -2.36. The van der Waals surface area contributed by atoms with Gasteiger partial charge in [0.1, 0.15) is 5.82 Å². The minimum Gasteiger partial charge on any atom is -0.354 e. The summed E-state index contributed by atoms with van der Waals surface area (Å²) < 4.78 is 0. The lowest BCUT2D eigenvalue weighted by Crippen LogP contribution is -2.48. The molecule has 0 spiro atoms. The quantitative estimate of drug-likeness (QED) is 0.825. The van der Waals surface area contributed by atoms with Gasteiger partial charge in [0.2, 0.25) is 0 Å². The second-order valence-electron chi connectivity index (χ2n) is 5.79. The molecule has 4 nitrogen and oxygen atoms in total. The Morgan fingerprint density at radius 1 is 1.21 bits per heavy atom. The summed E-state index contributed by atoms with van der Waals surface area (Å²) in [6.45, 7) is 5.36. The molecule has 1 aliphatic carbocycles. The first-order chi connectivity index (χ1) is 9.31. The topological polar surface area (TPSA) is 43.2 Å².